The predicted molar refractivity (Wildman–Crippen MR) is 101 cm³/mol. The van der Waals surface area contributed by atoms with Crippen molar-refractivity contribution in [3.8, 4) is 11.1 Å². The van der Waals surface area contributed by atoms with Crippen LogP contribution in [0.1, 0.15) is 19.4 Å². The zero-order valence-corrected chi connectivity index (χ0v) is 15.2. The maximum atomic E-state index is 12.6. The molecule has 26 heavy (non-hydrogen) atoms. The minimum atomic E-state index is -1.02. The lowest BCUT2D eigenvalue weighted by atomic mass is 10.0. The number of hydrogen-bond acceptors (Lipinski definition) is 3. The highest BCUT2D eigenvalue weighted by Gasteiger charge is 2.25. The largest absolute Gasteiger partial charge is 0.480 e. The fourth-order valence-electron chi connectivity index (χ4n) is 2.70. The van der Waals surface area contributed by atoms with Crippen molar-refractivity contribution in [1.82, 2.24) is 4.90 Å². The second-order valence-corrected chi connectivity index (χ2v) is 6.04. The molecule has 2 aromatic carbocycles. The quantitative estimate of drug-likeness (QED) is 0.701. The summed E-state index contributed by atoms with van der Waals surface area (Å²) in [6.07, 6.45) is 0.165. The number of benzene rings is 2. The normalized spacial score (nSPS) is 11.8. The lowest BCUT2D eigenvalue weighted by Gasteiger charge is -2.26. The Labute approximate surface area is 154 Å². The van der Waals surface area contributed by atoms with Gasteiger partial charge in [0, 0.05) is 13.2 Å². The van der Waals surface area contributed by atoms with Gasteiger partial charge in [-0.3, -0.25) is 4.79 Å². The molecule has 5 heteroatoms. The van der Waals surface area contributed by atoms with Gasteiger partial charge >= 0.3 is 5.97 Å². The molecule has 0 aliphatic carbocycles. The van der Waals surface area contributed by atoms with Gasteiger partial charge in [-0.05, 0) is 30.5 Å². The minimum absolute atomic E-state index is 0.165. The number of aliphatic carboxylic acids is 1. The third-order valence-corrected chi connectivity index (χ3v) is 4.24. The van der Waals surface area contributed by atoms with Crippen LogP contribution in [0.4, 0.5) is 0 Å². The van der Waals surface area contributed by atoms with Gasteiger partial charge in [-0.25, -0.2) is 4.79 Å². The SMILES string of the molecule is CCOCCN(C(=O)Cc1ccc(-c2ccccc2)cc1)[C@H](C)C(=O)O. The van der Waals surface area contributed by atoms with Gasteiger partial charge in [0.15, 0.2) is 0 Å². The molecule has 0 aliphatic rings. The van der Waals surface area contributed by atoms with Crippen LogP contribution < -0.4 is 0 Å². The van der Waals surface area contributed by atoms with Crippen molar-refractivity contribution >= 4 is 11.9 Å². The lowest BCUT2D eigenvalue weighted by molar-refractivity contribution is -0.149. The van der Waals surface area contributed by atoms with E-state index in [1.165, 1.54) is 11.8 Å². The van der Waals surface area contributed by atoms with E-state index < -0.39 is 12.0 Å². The number of nitrogens with zero attached hydrogens (tertiary/aromatic N) is 1. The fourth-order valence-corrected chi connectivity index (χ4v) is 2.70. The average molecular weight is 355 g/mol. The molecule has 0 aliphatic heterocycles. The van der Waals surface area contributed by atoms with Crippen LogP contribution in [-0.2, 0) is 20.7 Å². The molecule has 0 unspecified atom stereocenters. The highest BCUT2D eigenvalue weighted by molar-refractivity contribution is 5.85. The summed E-state index contributed by atoms with van der Waals surface area (Å²) in [5, 5.41) is 9.25. The van der Waals surface area contributed by atoms with Crippen LogP contribution in [-0.4, -0.2) is 47.7 Å². The van der Waals surface area contributed by atoms with Gasteiger partial charge in [-0.2, -0.15) is 0 Å². The Morgan fingerprint density at radius 3 is 2.23 bits per heavy atom. The minimum Gasteiger partial charge on any atom is -0.480 e. The van der Waals surface area contributed by atoms with Crippen LogP contribution in [0.25, 0.3) is 11.1 Å². The van der Waals surface area contributed by atoms with Crippen LogP contribution in [0.15, 0.2) is 54.6 Å². The molecule has 1 atom stereocenters. The van der Waals surface area contributed by atoms with Crippen molar-refractivity contribution in [1.29, 1.82) is 0 Å². The number of ether oxygens (including phenoxy) is 1. The molecular weight excluding hydrogens is 330 g/mol. The van der Waals surface area contributed by atoms with E-state index in [1.807, 2.05) is 61.5 Å². The maximum Gasteiger partial charge on any atom is 0.326 e. The Balaban J connectivity index is 2.06. The second kappa shape index (κ2) is 9.73. The molecule has 0 saturated heterocycles. The molecule has 0 saturated carbocycles. The monoisotopic (exact) mass is 355 g/mol. The van der Waals surface area contributed by atoms with E-state index in [0.29, 0.717) is 13.2 Å². The standard InChI is InChI=1S/C21H25NO4/c1-3-26-14-13-22(16(2)21(24)25)20(23)15-17-9-11-19(12-10-17)18-7-5-4-6-8-18/h4-12,16H,3,13-15H2,1-2H3,(H,24,25)/t16-/m1/s1. The summed E-state index contributed by atoms with van der Waals surface area (Å²) in [5.74, 6) is -1.23. The number of rotatable bonds is 9. The molecule has 0 aromatic heterocycles. The van der Waals surface area contributed by atoms with Crippen LogP contribution in [0.2, 0.25) is 0 Å². The van der Waals surface area contributed by atoms with Gasteiger partial charge in [0.2, 0.25) is 5.91 Å². The van der Waals surface area contributed by atoms with Crippen LogP contribution >= 0.6 is 0 Å². The first kappa shape index (κ1) is 19.7. The summed E-state index contributed by atoms with van der Waals surface area (Å²) in [6.45, 7) is 4.51. The molecule has 5 nitrogen and oxygen atoms in total. The third kappa shape index (κ3) is 5.43. The zero-order chi connectivity index (χ0) is 18.9. The molecule has 2 aromatic rings. The van der Waals surface area contributed by atoms with Gasteiger partial charge < -0.3 is 14.7 Å². The van der Waals surface area contributed by atoms with E-state index >= 15 is 0 Å². The molecule has 1 amide bonds. The highest BCUT2D eigenvalue weighted by atomic mass is 16.5. The lowest BCUT2D eigenvalue weighted by Crippen LogP contribution is -2.45. The van der Waals surface area contributed by atoms with E-state index in [-0.39, 0.29) is 18.9 Å². The van der Waals surface area contributed by atoms with E-state index in [1.54, 1.807) is 0 Å². The number of amides is 1. The number of carbonyl (C=O) groups excluding carboxylic acids is 1. The molecule has 0 fully saturated rings. The van der Waals surface area contributed by atoms with E-state index in [9.17, 15) is 14.7 Å². The molecular formula is C21H25NO4. The summed E-state index contributed by atoms with van der Waals surface area (Å²) >= 11 is 0. The molecule has 0 heterocycles. The first-order valence-electron chi connectivity index (χ1n) is 8.77. The van der Waals surface area contributed by atoms with Gasteiger partial charge in [0.25, 0.3) is 0 Å². The summed E-state index contributed by atoms with van der Waals surface area (Å²) in [4.78, 5) is 25.3. The molecule has 0 spiro atoms. The topological polar surface area (TPSA) is 66.8 Å². The molecule has 2 rings (SSSR count). The summed E-state index contributed by atoms with van der Waals surface area (Å²) in [5.41, 5.74) is 3.05. The molecule has 138 valence electrons. The van der Waals surface area contributed by atoms with Crippen molar-refractivity contribution < 1.29 is 19.4 Å². The summed E-state index contributed by atoms with van der Waals surface area (Å²) in [7, 11) is 0. The van der Waals surface area contributed by atoms with E-state index in [2.05, 4.69) is 0 Å². The van der Waals surface area contributed by atoms with Crippen molar-refractivity contribution in [3.05, 3.63) is 60.2 Å². The van der Waals surface area contributed by atoms with Crippen molar-refractivity contribution in [2.45, 2.75) is 26.3 Å². The number of carboxylic acids is 1. The Bertz CT molecular complexity index is 713. The Kier molecular flexibility index (Phi) is 7.36. The Morgan fingerprint density at radius 2 is 1.65 bits per heavy atom. The van der Waals surface area contributed by atoms with Crippen LogP contribution in [0.5, 0.6) is 0 Å². The highest BCUT2D eigenvalue weighted by Crippen LogP contribution is 2.19. The van der Waals surface area contributed by atoms with Crippen LogP contribution in [0.3, 0.4) is 0 Å². The number of carbonyl (C=O) groups is 2. The Morgan fingerprint density at radius 1 is 1.04 bits per heavy atom. The first-order valence-corrected chi connectivity index (χ1v) is 8.77. The van der Waals surface area contributed by atoms with Crippen molar-refractivity contribution in [3.63, 3.8) is 0 Å². The third-order valence-electron chi connectivity index (χ3n) is 4.24. The van der Waals surface area contributed by atoms with E-state index in [0.717, 1.165) is 16.7 Å². The van der Waals surface area contributed by atoms with Crippen molar-refractivity contribution in [2.75, 3.05) is 19.8 Å². The summed E-state index contributed by atoms with van der Waals surface area (Å²) < 4.78 is 5.27. The van der Waals surface area contributed by atoms with Crippen LogP contribution in [0, 0.1) is 0 Å². The van der Waals surface area contributed by atoms with Crippen molar-refractivity contribution in [2.24, 2.45) is 0 Å². The smallest absolute Gasteiger partial charge is 0.326 e. The predicted octanol–water partition coefficient (Wildman–Crippen LogP) is 3.23. The molecule has 0 radical (unpaired) electrons. The summed E-state index contributed by atoms with van der Waals surface area (Å²) in [6, 6.07) is 16.9. The second-order valence-electron chi connectivity index (χ2n) is 6.04. The Hall–Kier alpha value is -2.66. The van der Waals surface area contributed by atoms with Gasteiger partial charge in [0.05, 0.1) is 13.0 Å². The van der Waals surface area contributed by atoms with Gasteiger partial charge in [0.1, 0.15) is 6.04 Å². The fraction of sp³-hybridized carbons (Fsp3) is 0.333. The van der Waals surface area contributed by atoms with Gasteiger partial charge in [-0.1, -0.05) is 54.6 Å². The molecule has 1 N–H and O–H groups in total. The number of carboxylic acid groups (broad SMARTS) is 1. The first-order chi connectivity index (χ1) is 12.5. The maximum absolute atomic E-state index is 12.6. The molecule has 0 bridgehead atoms. The van der Waals surface area contributed by atoms with E-state index in [4.69, 9.17) is 4.74 Å². The zero-order valence-electron chi connectivity index (χ0n) is 15.2. The average Bonchev–Trinajstić information content (AvgIpc) is 2.66. The van der Waals surface area contributed by atoms with Gasteiger partial charge in [-0.15, -0.1) is 0 Å². The number of hydrogen-bond donors (Lipinski definition) is 1.